The quantitative estimate of drug-likeness (QED) is 0.167. The molecule has 0 aliphatic heterocycles. The van der Waals surface area contributed by atoms with Gasteiger partial charge < -0.3 is 23.8 Å². The number of ether oxygens (including phenoxy) is 3. The monoisotopic (exact) mass is 592 g/mol. The summed E-state index contributed by atoms with van der Waals surface area (Å²) in [6, 6.07) is 18.5. The van der Waals surface area contributed by atoms with Crippen LogP contribution < -0.4 is 20.1 Å². The Morgan fingerprint density at radius 1 is 1.00 bits per heavy atom. The van der Waals surface area contributed by atoms with E-state index in [0.29, 0.717) is 39.9 Å². The lowest BCUT2D eigenvalue weighted by Gasteiger charge is -2.12. The molecular weight excluding hydrogens is 564 g/mol. The van der Waals surface area contributed by atoms with E-state index >= 15 is 0 Å². The van der Waals surface area contributed by atoms with Crippen molar-refractivity contribution in [2.75, 3.05) is 13.7 Å². The fraction of sp³-hybridized carbons (Fsp3) is 0.200. The largest absolute Gasteiger partial charge is 0.508 e. The van der Waals surface area contributed by atoms with Crippen LogP contribution in [0, 0.1) is 6.92 Å². The molecule has 0 bridgehead atoms. The highest BCUT2D eigenvalue weighted by molar-refractivity contribution is 6.30. The van der Waals surface area contributed by atoms with Gasteiger partial charge in [-0.05, 0) is 79.6 Å². The number of nitrogens with one attached hydrogen (secondary N) is 2. The molecule has 4 rings (SSSR count). The molecule has 0 aliphatic rings. The summed E-state index contributed by atoms with van der Waals surface area (Å²) in [5, 5.41) is 19.3. The molecule has 1 aromatic heterocycles. The highest BCUT2D eigenvalue weighted by atomic mass is 35.5. The van der Waals surface area contributed by atoms with E-state index in [0.717, 1.165) is 5.56 Å². The van der Waals surface area contributed by atoms with Gasteiger partial charge in [0.05, 0.1) is 20.3 Å². The summed E-state index contributed by atoms with van der Waals surface area (Å²) in [6.45, 7) is 3.96. The van der Waals surface area contributed by atoms with Crippen LogP contribution >= 0.6 is 11.6 Å². The second kappa shape index (κ2) is 14.0. The molecule has 0 saturated carbocycles. The minimum absolute atomic E-state index is 0.0309. The van der Waals surface area contributed by atoms with Gasteiger partial charge in [0.1, 0.15) is 40.9 Å². The van der Waals surface area contributed by atoms with Crippen LogP contribution in [0.25, 0.3) is 11.3 Å². The van der Waals surface area contributed by atoms with Crippen molar-refractivity contribution in [2.45, 2.75) is 27.0 Å². The molecule has 0 radical (unpaired) electrons. The van der Waals surface area contributed by atoms with Crippen LogP contribution in [0.3, 0.4) is 0 Å². The van der Waals surface area contributed by atoms with Gasteiger partial charge in [0.15, 0.2) is 0 Å². The number of amides is 2. The molecule has 42 heavy (non-hydrogen) atoms. The number of phenolic OH excluding ortho intramolecular Hbond substituents is 1. The Morgan fingerprint density at radius 3 is 2.38 bits per heavy atom. The maximum atomic E-state index is 13.4. The number of nitrogens with zero attached hydrogens (tertiary/aromatic N) is 2. The number of aromatic nitrogens is 1. The second-order valence-electron chi connectivity index (χ2n) is 8.91. The van der Waals surface area contributed by atoms with E-state index in [1.54, 1.807) is 68.6 Å². The zero-order valence-corrected chi connectivity index (χ0v) is 23.9. The molecule has 0 spiro atoms. The van der Waals surface area contributed by atoms with Gasteiger partial charge in [-0.3, -0.25) is 15.4 Å². The van der Waals surface area contributed by atoms with Crippen molar-refractivity contribution in [2.24, 2.45) is 4.99 Å². The number of carbonyl (C=O) groups is 2. The molecular formula is C30H29ClN4O7. The van der Waals surface area contributed by atoms with Gasteiger partial charge in [-0.15, -0.1) is 0 Å². The van der Waals surface area contributed by atoms with E-state index in [4.69, 9.17) is 30.3 Å². The molecule has 0 unspecified atom stereocenters. The molecule has 0 atom stereocenters. The average molecular weight is 593 g/mol. The van der Waals surface area contributed by atoms with E-state index in [1.807, 2.05) is 6.92 Å². The maximum absolute atomic E-state index is 13.4. The zero-order chi connectivity index (χ0) is 30.1. The van der Waals surface area contributed by atoms with Gasteiger partial charge in [-0.25, -0.2) is 9.79 Å². The maximum Gasteiger partial charge on any atom is 0.414 e. The Hall–Kier alpha value is -5.03. The number of alkyl carbamates (subject to hydrolysis) is 1. The van der Waals surface area contributed by atoms with E-state index in [1.165, 1.54) is 12.1 Å². The van der Waals surface area contributed by atoms with Crippen molar-refractivity contribution >= 4 is 29.6 Å². The standard InChI is InChI=1S/C30H29ClN4O7/c1-4-40-25-9-5-19(6-10-25)17-41-30(38)34-29(32-16-20-13-22(31)15-23(36)14-20)33-28(37)26-18(2)42-35-27(26)21-7-11-24(39-3)12-8-21/h5-15,36H,4,16-17H2,1-3H3,(H2,32,33,34,37,38). The fourth-order valence-corrected chi connectivity index (χ4v) is 4.14. The van der Waals surface area contributed by atoms with Crippen LogP contribution in [-0.4, -0.2) is 41.9 Å². The van der Waals surface area contributed by atoms with Crippen molar-refractivity contribution < 1.29 is 33.4 Å². The van der Waals surface area contributed by atoms with Gasteiger partial charge in [0.25, 0.3) is 5.91 Å². The number of aromatic hydroxyl groups is 1. The zero-order valence-electron chi connectivity index (χ0n) is 23.1. The average Bonchev–Trinajstić information content (AvgIpc) is 3.36. The molecule has 1 heterocycles. The first-order valence-corrected chi connectivity index (χ1v) is 13.2. The van der Waals surface area contributed by atoms with Crippen molar-refractivity contribution in [3.05, 3.63) is 94.2 Å². The highest BCUT2D eigenvalue weighted by Crippen LogP contribution is 2.27. The van der Waals surface area contributed by atoms with Gasteiger partial charge in [0, 0.05) is 10.6 Å². The normalized spacial score (nSPS) is 11.1. The molecule has 3 aromatic carbocycles. The molecule has 218 valence electrons. The van der Waals surface area contributed by atoms with E-state index in [9.17, 15) is 14.7 Å². The van der Waals surface area contributed by atoms with Crippen molar-refractivity contribution in [3.8, 4) is 28.5 Å². The summed E-state index contributed by atoms with van der Waals surface area (Å²) < 4.78 is 21.3. The first kappa shape index (κ1) is 29.9. The predicted molar refractivity (Wildman–Crippen MR) is 156 cm³/mol. The van der Waals surface area contributed by atoms with Gasteiger partial charge in [-0.2, -0.15) is 0 Å². The molecule has 3 N–H and O–H groups in total. The number of guanidine groups is 1. The number of aryl methyl sites for hydroxylation is 1. The number of hydrogen-bond donors (Lipinski definition) is 3. The van der Waals surface area contributed by atoms with Crippen LogP contribution in [0.5, 0.6) is 17.2 Å². The summed E-state index contributed by atoms with van der Waals surface area (Å²) in [7, 11) is 1.55. The number of halogens is 1. The molecule has 11 nitrogen and oxygen atoms in total. The number of rotatable bonds is 9. The Bertz CT molecular complexity index is 1550. The number of phenols is 1. The molecule has 0 aliphatic carbocycles. The van der Waals surface area contributed by atoms with E-state index in [2.05, 4.69) is 20.8 Å². The lowest BCUT2D eigenvalue weighted by molar-refractivity contribution is 0.0974. The smallest absolute Gasteiger partial charge is 0.414 e. The highest BCUT2D eigenvalue weighted by Gasteiger charge is 2.23. The molecule has 4 aromatic rings. The summed E-state index contributed by atoms with van der Waals surface area (Å²) in [4.78, 5) is 30.5. The van der Waals surface area contributed by atoms with Crippen molar-refractivity contribution in [1.29, 1.82) is 0 Å². The number of aliphatic imine (C=N–C) groups is 1. The first-order valence-electron chi connectivity index (χ1n) is 12.9. The summed E-state index contributed by atoms with van der Waals surface area (Å²) in [5.41, 5.74) is 2.34. The van der Waals surface area contributed by atoms with Crippen LogP contribution in [0.2, 0.25) is 5.02 Å². The van der Waals surface area contributed by atoms with Crippen LogP contribution in [0.4, 0.5) is 4.79 Å². The second-order valence-corrected chi connectivity index (χ2v) is 9.34. The number of carbonyl (C=O) groups excluding carboxylic acids is 2. The van der Waals surface area contributed by atoms with Crippen molar-refractivity contribution in [3.63, 3.8) is 0 Å². The number of hydrogen-bond acceptors (Lipinski definition) is 9. The molecule has 0 saturated heterocycles. The Morgan fingerprint density at radius 2 is 1.71 bits per heavy atom. The van der Waals surface area contributed by atoms with E-state index in [-0.39, 0.29) is 36.2 Å². The fourth-order valence-electron chi connectivity index (χ4n) is 3.89. The van der Waals surface area contributed by atoms with Gasteiger partial charge >= 0.3 is 6.09 Å². The molecule has 2 amide bonds. The third kappa shape index (κ3) is 8.01. The minimum atomic E-state index is -0.853. The lowest BCUT2D eigenvalue weighted by atomic mass is 10.1. The summed E-state index contributed by atoms with van der Waals surface area (Å²) >= 11 is 6.04. The predicted octanol–water partition coefficient (Wildman–Crippen LogP) is 5.63. The lowest BCUT2D eigenvalue weighted by Crippen LogP contribution is -2.44. The topological polar surface area (TPSA) is 145 Å². The first-order chi connectivity index (χ1) is 20.2. The minimum Gasteiger partial charge on any atom is -0.508 e. The van der Waals surface area contributed by atoms with Gasteiger partial charge in [0.2, 0.25) is 5.96 Å². The molecule has 12 heteroatoms. The van der Waals surface area contributed by atoms with Crippen LogP contribution in [0.15, 0.2) is 76.2 Å². The third-order valence-electron chi connectivity index (χ3n) is 5.87. The van der Waals surface area contributed by atoms with Crippen molar-refractivity contribution in [1.82, 2.24) is 15.8 Å². The van der Waals surface area contributed by atoms with E-state index < -0.39 is 12.0 Å². The SMILES string of the molecule is CCOc1ccc(COC(=O)NC(=NCc2cc(O)cc(Cl)c2)NC(=O)c2c(-c3ccc(OC)cc3)noc2C)cc1. The Labute approximate surface area is 247 Å². The Balaban J connectivity index is 1.52. The third-order valence-corrected chi connectivity index (χ3v) is 6.09. The number of benzene rings is 3. The molecule has 0 fully saturated rings. The summed E-state index contributed by atoms with van der Waals surface area (Å²) in [6.07, 6.45) is -0.853. The summed E-state index contributed by atoms with van der Waals surface area (Å²) in [5.74, 6) is 0.726. The van der Waals surface area contributed by atoms with Gasteiger partial charge in [-0.1, -0.05) is 28.9 Å². The number of methoxy groups -OCH3 is 1. The van der Waals surface area contributed by atoms with Crippen LogP contribution in [-0.2, 0) is 17.9 Å². The Kier molecular flexibility index (Phi) is 10.0. The van der Waals surface area contributed by atoms with Crippen LogP contribution in [0.1, 0.15) is 34.2 Å².